The lowest BCUT2D eigenvalue weighted by atomic mass is 10.0. The number of hydrogen-bond donors (Lipinski definition) is 0. The van der Waals surface area contributed by atoms with Gasteiger partial charge in [-0.2, -0.15) is 0 Å². The summed E-state index contributed by atoms with van der Waals surface area (Å²) < 4.78 is -0.696. The lowest BCUT2D eigenvalue weighted by Crippen LogP contribution is -2.31. The highest BCUT2D eigenvalue weighted by molar-refractivity contribution is 9.40. The van der Waals surface area contributed by atoms with Crippen LogP contribution >= 0.6 is 95.6 Å². The molecule has 0 N–H and O–H groups in total. The average Bonchev–Trinajstić information content (AvgIpc) is 2.12. The summed E-state index contributed by atoms with van der Waals surface area (Å²) in [5.41, 5.74) is 1.28. The first-order chi connectivity index (χ1) is 7.21. The SMILES string of the molecule is BrC(Br)(Br)C(Cc1ccccc1)C(Br)(Br)Br. The summed E-state index contributed by atoms with van der Waals surface area (Å²) in [7, 11) is 0. The Balaban J connectivity index is 2.89. The Kier molecular flexibility index (Phi) is 6.57. The standard InChI is InChI=1S/C10H8Br6/c11-9(12,13)8(10(14,15)16)6-7-4-2-1-3-5-7/h1-5,8H,6H2. The van der Waals surface area contributed by atoms with E-state index in [4.69, 9.17) is 0 Å². The maximum Gasteiger partial charge on any atom is 0.141 e. The fraction of sp³-hybridized carbons (Fsp3) is 0.400. The Labute approximate surface area is 146 Å². The van der Waals surface area contributed by atoms with Gasteiger partial charge in [-0.15, -0.1) is 0 Å². The van der Waals surface area contributed by atoms with Gasteiger partial charge in [-0.05, 0) is 12.0 Å². The zero-order valence-corrected chi connectivity index (χ0v) is 17.5. The highest BCUT2D eigenvalue weighted by Gasteiger charge is 2.43. The third-order valence-electron chi connectivity index (χ3n) is 2.07. The van der Waals surface area contributed by atoms with Crippen molar-refractivity contribution in [3.8, 4) is 0 Å². The first kappa shape index (κ1) is 16.2. The molecule has 1 aromatic rings. The molecule has 0 heterocycles. The quantitative estimate of drug-likeness (QED) is 0.336. The molecule has 0 aromatic heterocycles. The van der Waals surface area contributed by atoms with Crippen molar-refractivity contribution in [2.75, 3.05) is 0 Å². The lowest BCUT2D eigenvalue weighted by Gasteiger charge is -2.32. The van der Waals surface area contributed by atoms with Crippen molar-refractivity contribution in [3.63, 3.8) is 0 Å². The maximum absolute atomic E-state index is 3.58. The van der Waals surface area contributed by atoms with Crippen LogP contribution in [0.2, 0.25) is 0 Å². The molecule has 0 nitrogen and oxygen atoms in total. The van der Waals surface area contributed by atoms with Crippen molar-refractivity contribution >= 4 is 95.6 Å². The summed E-state index contributed by atoms with van der Waals surface area (Å²) in [5, 5.41) is 0. The third-order valence-corrected chi connectivity index (χ3v) is 5.39. The van der Waals surface area contributed by atoms with Crippen molar-refractivity contribution < 1.29 is 0 Å². The van der Waals surface area contributed by atoms with Crippen LogP contribution in [-0.4, -0.2) is 4.29 Å². The normalized spacial score (nSPS) is 13.2. The summed E-state index contributed by atoms with van der Waals surface area (Å²) in [4.78, 5) is 0. The van der Waals surface area contributed by atoms with Crippen LogP contribution in [0.5, 0.6) is 0 Å². The minimum absolute atomic E-state index is 0.197. The molecule has 0 spiro atoms. The molecule has 0 bridgehead atoms. The van der Waals surface area contributed by atoms with E-state index in [2.05, 4.69) is 108 Å². The molecule has 0 radical (unpaired) electrons. The van der Waals surface area contributed by atoms with Gasteiger partial charge in [0, 0.05) is 5.92 Å². The number of alkyl halides is 6. The molecule has 6 heteroatoms. The Bertz CT molecular complexity index is 309. The Morgan fingerprint density at radius 2 is 1.25 bits per heavy atom. The molecule has 0 saturated carbocycles. The smallest absolute Gasteiger partial charge is 0.0622 e. The van der Waals surface area contributed by atoms with Crippen LogP contribution in [0.1, 0.15) is 5.56 Å². The molecule has 90 valence electrons. The average molecular weight is 608 g/mol. The van der Waals surface area contributed by atoms with E-state index in [-0.39, 0.29) is 10.2 Å². The molecule has 0 fully saturated rings. The first-order valence-corrected chi connectivity index (χ1v) is 9.14. The molecule has 0 unspecified atom stereocenters. The number of hydrogen-bond acceptors (Lipinski definition) is 0. The molecule has 0 amide bonds. The van der Waals surface area contributed by atoms with Crippen LogP contribution in [0.25, 0.3) is 0 Å². The molecule has 0 aliphatic carbocycles. The second kappa shape index (κ2) is 6.51. The van der Waals surface area contributed by atoms with Crippen molar-refractivity contribution in [2.45, 2.75) is 10.7 Å². The van der Waals surface area contributed by atoms with Gasteiger partial charge in [-0.3, -0.25) is 0 Å². The van der Waals surface area contributed by atoms with Gasteiger partial charge in [-0.25, -0.2) is 0 Å². The largest absolute Gasteiger partial charge is 0.141 e. The van der Waals surface area contributed by atoms with E-state index in [0.29, 0.717) is 0 Å². The van der Waals surface area contributed by atoms with E-state index < -0.39 is 0 Å². The minimum Gasteiger partial charge on any atom is -0.0622 e. The van der Waals surface area contributed by atoms with Crippen molar-refractivity contribution in [1.82, 2.24) is 0 Å². The van der Waals surface area contributed by atoms with Crippen molar-refractivity contribution in [2.24, 2.45) is 5.92 Å². The summed E-state index contributed by atoms with van der Waals surface area (Å²) in [6.07, 6.45) is 0.893. The monoisotopic (exact) mass is 602 g/mol. The second-order valence-electron chi connectivity index (χ2n) is 3.33. The maximum atomic E-state index is 3.58. The number of halogens is 6. The van der Waals surface area contributed by atoms with Gasteiger partial charge < -0.3 is 0 Å². The molecule has 1 aromatic carbocycles. The molecule has 0 aliphatic heterocycles. The number of benzene rings is 1. The van der Waals surface area contributed by atoms with Gasteiger partial charge in [0.05, 0.1) is 0 Å². The summed E-state index contributed by atoms with van der Waals surface area (Å²) >= 11 is 21.5. The Morgan fingerprint density at radius 1 is 0.812 bits per heavy atom. The second-order valence-corrected chi connectivity index (χ2v) is 17.2. The summed E-state index contributed by atoms with van der Waals surface area (Å²) in [6.45, 7) is 0. The zero-order chi connectivity index (χ0) is 12.4. The van der Waals surface area contributed by atoms with Gasteiger partial charge in [0.15, 0.2) is 0 Å². The van der Waals surface area contributed by atoms with E-state index in [0.717, 1.165) is 6.42 Å². The van der Waals surface area contributed by atoms with E-state index in [1.54, 1.807) is 0 Å². The van der Waals surface area contributed by atoms with Crippen LogP contribution in [0, 0.1) is 5.92 Å². The molecule has 0 atom stereocenters. The molecule has 1 rings (SSSR count). The van der Waals surface area contributed by atoms with Crippen LogP contribution in [-0.2, 0) is 6.42 Å². The van der Waals surface area contributed by atoms with Crippen molar-refractivity contribution in [3.05, 3.63) is 35.9 Å². The molecule has 16 heavy (non-hydrogen) atoms. The van der Waals surface area contributed by atoms with Gasteiger partial charge in [-0.1, -0.05) is 126 Å². The highest BCUT2D eigenvalue weighted by atomic mass is 80.0. The minimum atomic E-state index is -0.348. The Morgan fingerprint density at radius 3 is 1.62 bits per heavy atom. The predicted molar refractivity (Wildman–Crippen MR) is 92.7 cm³/mol. The molecular formula is C10H8Br6. The van der Waals surface area contributed by atoms with Gasteiger partial charge >= 0.3 is 0 Å². The molecular weight excluding hydrogens is 600 g/mol. The predicted octanol–water partition coefficient (Wildman–Crippen LogP) is 6.52. The van der Waals surface area contributed by atoms with E-state index >= 15 is 0 Å². The zero-order valence-electron chi connectivity index (χ0n) is 7.94. The van der Waals surface area contributed by atoms with Crippen molar-refractivity contribution in [1.29, 1.82) is 0 Å². The van der Waals surface area contributed by atoms with Crippen LogP contribution in [0.15, 0.2) is 30.3 Å². The molecule has 0 aliphatic rings. The van der Waals surface area contributed by atoms with E-state index in [9.17, 15) is 0 Å². The van der Waals surface area contributed by atoms with Crippen LogP contribution in [0.3, 0.4) is 0 Å². The third kappa shape index (κ3) is 5.39. The lowest BCUT2D eigenvalue weighted by molar-refractivity contribution is 0.610. The van der Waals surface area contributed by atoms with Gasteiger partial charge in [0.1, 0.15) is 4.29 Å². The first-order valence-electron chi connectivity index (χ1n) is 4.38. The fourth-order valence-electron chi connectivity index (χ4n) is 1.27. The fourth-order valence-corrected chi connectivity index (χ4v) is 7.06. The topological polar surface area (TPSA) is 0 Å². The number of rotatable bonds is 2. The Hall–Kier alpha value is 2.10. The van der Waals surface area contributed by atoms with Gasteiger partial charge in [0.25, 0.3) is 0 Å². The van der Waals surface area contributed by atoms with Crippen LogP contribution < -0.4 is 0 Å². The summed E-state index contributed by atoms with van der Waals surface area (Å²) in [5.74, 6) is 0.197. The van der Waals surface area contributed by atoms with Gasteiger partial charge in [0.2, 0.25) is 0 Å². The van der Waals surface area contributed by atoms with E-state index in [1.165, 1.54) is 5.56 Å². The highest BCUT2D eigenvalue weighted by Crippen LogP contribution is 2.55. The summed E-state index contributed by atoms with van der Waals surface area (Å²) in [6, 6.07) is 10.3. The molecule has 0 saturated heterocycles. The van der Waals surface area contributed by atoms with Crippen LogP contribution in [0.4, 0.5) is 0 Å². The van der Waals surface area contributed by atoms with E-state index in [1.807, 2.05) is 18.2 Å².